The van der Waals surface area contributed by atoms with Crippen molar-refractivity contribution in [2.45, 2.75) is 46.1 Å². The molecule has 0 atom stereocenters. The number of carbonyl (C=O) groups is 2. The first kappa shape index (κ1) is 19.8. The van der Waals surface area contributed by atoms with Gasteiger partial charge in [0.05, 0.1) is 0 Å². The molecule has 0 aliphatic rings. The largest absolute Gasteiger partial charge is 0.484 e. The molecular formula is C18H28N2O4. The maximum absolute atomic E-state index is 11.7. The zero-order valence-electron chi connectivity index (χ0n) is 15.0. The molecule has 0 spiro atoms. The summed E-state index contributed by atoms with van der Waals surface area (Å²) in [6, 6.07) is 7.73. The number of rotatable bonds is 8. The SMILES string of the molecule is CCCc1ccc(OCC(=O)NCCNC(=O)OC(C)(C)C)cc1. The molecule has 0 aliphatic heterocycles. The van der Waals surface area contributed by atoms with Gasteiger partial charge < -0.3 is 20.1 Å². The van der Waals surface area contributed by atoms with Crippen molar-refractivity contribution in [3.63, 3.8) is 0 Å². The molecule has 0 bridgehead atoms. The van der Waals surface area contributed by atoms with E-state index < -0.39 is 11.7 Å². The molecule has 0 radical (unpaired) electrons. The summed E-state index contributed by atoms with van der Waals surface area (Å²) >= 11 is 0. The van der Waals surface area contributed by atoms with Crippen molar-refractivity contribution < 1.29 is 19.1 Å². The van der Waals surface area contributed by atoms with Gasteiger partial charge in [0.25, 0.3) is 5.91 Å². The van der Waals surface area contributed by atoms with Gasteiger partial charge in [-0.05, 0) is 44.9 Å². The van der Waals surface area contributed by atoms with Crippen LogP contribution in [0.3, 0.4) is 0 Å². The summed E-state index contributed by atoms with van der Waals surface area (Å²) in [4.78, 5) is 23.1. The Bertz CT molecular complexity index is 521. The van der Waals surface area contributed by atoms with Gasteiger partial charge in [0.15, 0.2) is 6.61 Å². The molecule has 0 aromatic heterocycles. The number of benzene rings is 1. The molecule has 24 heavy (non-hydrogen) atoms. The number of aryl methyl sites for hydroxylation is 1. The molecule has 1 aromatic carbocycles. The van der Waals surface area contributed by atoms with Crippen LogP contribution in [0.2, 0.25) is 0 Å². The second-order valence-corrected chi connectivity index (χ2v) is 6.46. The fourth-order valence-electron chi connectivity index (χ4n) is 1.92. The molecule has 2 amide bonds. The molecule has 6 nitrogen and oxygen atoms in total. The summed E-state index contributed by atoms with van der Waals surface area (Å²) in [6.45, 7) is 8.07. The number of carbonyl (C=O) groups excluding carboxylic acids is 2. The van der Waals surface area contributed by atoms with Crippen molar-refractivity contribution in [1.29, 1.82) is 0 Å². The predicted octanol–water partition coefficient (Wildman–Crippen LogP) is 2.66. The fraction of sp³-hybridized carbons (Fsp3) is 0.556. The van der Waals surface area contributed by atoms with E-state index in [1.54, 1.807) is 20.8 Å². The Kier molecular flexibility index (Phi) is 8.09. The molecular weight excluding hydrogens is 308 g/mol. The third-order valence-electron chi connectivity index (χ3n) is 2.95. The maximum atomic E-state index is 11.7. The monoisotopic (exact) mass is 336 g/mol. The zero-order chi connectivity index (χ0) is 18.0. The summed E-state index contributed by atoms with van der Waals surface area (Å²) < 4.78 is 10.5. The summed E-state index contributed by atoms with van der Waals surface area (Å²) in [5, 5.41) is 5.24. The van der Waals surface area contributed by atoms with Gasteiger partial charge in [-0.15, -0.1) is 0 Å². The Morgan fingerprint density at radius 2 is 1.67 bits per heavy atom. The van der Waals surface area contributed by atoms with E-state index in [0.29, 0.717) is 18.8 Å². The number of ether oxygens (including phenoxy) is 2. The average Bonchev–Trinajstić information content (AvgIpc) is 2.49. The van der Waals surface area contributed by atoms with Gasteiger partial charge in [-0.2, -0.15) is 0 Å². The normalized spacial score (nSPS) is 10.8. The topological polar surface area (TPSA) is 76.7 Å². The third-order valence-corrected chi connectivity index (χ3v) is 2.95. The Balaban J connectivity index is 2.17. The standard InChI is InChI=1S/C18H28N2O4/c1-5-6-14-7-9-15(10-8-14)23-13-16(21)19-11-12-20-17(22)24-18(2,3)4/h7-10H,5-6,11-13H2,1-4H3,(H,19,21)(H,20,22). The van der Waals surface area contributed by atoms with Crippen LogP contribution in [0, 0.1) is 0 Å². The lowest BCUT2D eigenvalue weighted by molar-refractivity contribution is -0.123. The summed E-state index contributed by atoms with van der Waals surface area (Å²) in [5.74, 6) is 0.426. The minimum Gasteiger partial charge on any atom is -0.484 e. The first-order chi connectivity index (χ1) is 11.3. The number of hydrogen-bond acceptors (Lipinski definition) is 4. The smallest absolute Gasteiger partial charge is 0.407 e. The number of amides is 2. The first-order valence-corrected chi connectivity index (χ1v) is 8.25. The van der Waals surface area contributed by atoms with Crippen LogP contribution >= 0.6 is 0 Å². The average molecular weight is 336 g/mol. The molecule has 134 valence electrons. The number of hydrogen-bond donors (Lipinski definition) is 2. The van der Waals surface area contributed by atoms with E-state index in [1.165, 1.54) is 5.56 Å². The molecule has 0 aliphatic carbocycles. The summed E-state index contributed by atoms with van der Waals surface area (Å²) in [5.41, 5.74) is 0.718. The van der Waals surface area contributed by atoms with E-state index in [1.807, 2.05) is 24.3 Å². The highest BCUT2D eigenvalue weighted by molar-refractivity contribution is 5.77. The number of nitrogens with one attached hydrogen (secondary N) is 2. The minimum atomic E-state index is -0.534. The van der Waals surface area contributed by atoms with Gasteiger partial charge in [-0.25, -0.2) is 4.79 Å². The lowest BCUT2D eigenvalue weighted by Crippen LogP contribution is -2.39. The van der Waals surface area contributed by atoms with Crippen molar-refractivity contribution >= 4 is 12.0 Å². The van der Waals surface area contributed by atoms with Crippen LogP contribution in [0.4, 0.5) is 4.79 Å². The Labute approximate surface area is 143 Å². The van der Waals surface area contributed by atoms with Crippen LogP contribution in [0.15, 0.2) is 24.3 Å². The van der Waals surface area contributed by atoms with Crippen molar-refractivity contribution in [2.24, 2.45) is 0 Å². The highest BCUT2D eigenvalue weighted by Gasteiger charge is 2.15. The van der Waals surface area contributed by atoms with Crippen molar-refractivity contribution in [1.82, 2.24) is 10.6 Å². The van der Waals surface area contributed by atoms with Crippen LogP contribution in [-0.2, 0) is 16.0 Å². The second-order valence-electron chi connectivity index (χ2n) is 6.46. The maximum Gasteiger partial charge on any atom is 0.407 e. The lowest BCUT2D eigenvalue weighted by Gasteiger charge is -2.19. The van der Waals surface area contributed by atoms with E-state index >= 15 is 0 Å². The van der Waals surface area contributed by atoms with Crippen LogP contribution < -0.4 is 15.4 Å². The summed E-state index contributed by atoms with van der Waals surface area (Å²) in [6.07, 6.45) is 1.63. The van der Waals surface area contributed by atoms with E-state index in [4.69, 9.17) is 9.47 Å². The molecule has 2 N–H and O–H groups in total. The van der Waals surface area contributed by atoms with Crippen LogP contribution in [0.5, 0.6) is 5.75 Å². The predicted molar refractivity (Wildman–Crippen MR) is 93.2 cm³/mol. The van der Waals surface area contributed by atoms with Crippen LogP contribution in [-0.4, -0.2) is 37.3 Å². The van der Waals surface area contributed by atoms with Gasteiger partial charge in [0, 0.05) is 13.1 Å². The third kappa shape index (κ3) is 9.02. The van der Waals surface area contributed by atoms with Crippen molar-refractivity contribution in [3.05, 3.63) is 29.8 Å². The quantitative estimate of drug-likeness (QED) is 0.716. The first-order valence-electron chi connectivity index (χ1n) is 8.25. The van der Waals surface area contributed by atoms with E-state index in [2.05, 4.69) is 17.6 Å². The van der Waals surface area contributed by atoms with Gasteiger partial charge in [0.1, 0.15) is 11.4 Å². The van der Waals surface area contributed by atoms with Crippen molar-refractivity contribution in [3.8, 4) is 5.75 Å². The fourth-order valence-corrected chi connectivity index (χ4v) is 1.92. The van der Waals surface area contributed by atoms with E-state index in [0.717, 1.165) is 12.8 Å². The van der Waals surface area contributed by atoms with E-state index in [9.17, 15) is 9.59 Å². The Morgan fingerprint density at radius 1 is 1.04 bits per heavy atom. The Hall–Kier alpha value is -2.24. The van der Waals surface area contributed by atoms with E-state index in [-0.39, 0.29) is 12.5 Å². The molecule has 0 heterocycles. The minimum absolute atomic E-state index is 0.0560. The number of alkyl carbamates (subject to hydrolysis) is 1. The highest BCUT2D eigenvalue weighted by atomic mass is 16.6. The molecule has 0 unspecified atom stereocenters. The van der Waals surface area contributed by atoms with Gasteiger partial charge >= 0.3 is 6.09 Å². The van der Waals surface area contributed by atoms with Gasteiger partial charge in [0.2, 0.25) is 0 Å². The lowest BCUT2D eigenvalue weighted by atomic mass is 10.1. The highest BCUT2D eigenvalue weighted by Crippen LogP contribution is 2.13. The Morgan fingerprint density at radius 3 is 2.25 bits per heavy atom. The second kappa shape index (κ2) is 9.80. The van der Waals surface area contributed by atoms with Crippen molar-refractivity contribution in [2.75, 3.05) is 19.7 Å². The summed E-state index contributed by atoms with van der Waals surface area (Å²) in [7, 11) is 0. The van der Waals surface area contributed by atoms with Crippen LogP contribution in [0.1, 0.15) is 39.7 Å². The molecule has 1 aromatic rings. The molecule has 6 heteroatoms. The van der Waals surface area contributed by atoms with Gasteiger partial charge in [-0.1, -0.05) is 25.5 Å². The molecule has 1 rings (SSSR count). The zero-order valence-corrected chi connectivity index (χ0v) is 15.0. The van der Waals surface area contributed by atoms with Gasteiger partial charge in [-0.3, -0.25) is 4.79 Å². The molecule has 0 saturated heterocycles. The molecule has 0 saturated carbocycles. The molecule has 0 fully saturated rings. The van der Waals surface area contributed by atoms with Crippen LogP contribution in [0.25, 0.3) is 0 Å².